The van der Waals surface area contributed by atoms with Gasteiger partial charge in [-0.15, -0.1) is 0 Å². The number of nitrogens with one attached hydrogen (secondary N) is 1. The molecular weight excluding hydrogens is 459 g/mol. The van der Waals surface area contributed by atoms with Gasteiger partial charge in [-0.2, -0.15) is 18.4 Å². The lowest BCUT2D eigenvalue weighted by Gasteiger charge is -2.30. The van der Waals surface area contributed by atoms with E-state index in [1.54, 1.807) is 0 Å². The quantitative estimate of drug-likeness (QED) is 0.620. The summed E-state index contributed by atoms with van der Waals surface area (Å²) in [5.41, 5.74) is -1.81. The fraction of sp³-hybridized carbons (Fsp3) is 0.609. The molecule has 1 amide bonds. The van der Waals surface area contributed by atoms with Gasteiger partial charge in [0, 0.05) is 44.4 Å². The Morgan fingerprint density at radius 3 is 2.53 bits per heavy atom. The summed E-state index contributed by atoms with van der Waals surface area (Å²) in [5, 5.41) is 12.2. The number of amides is 1. The minimum atomic E-state index is -4.72. The molecule has 3 heterocycles. The van der Waals surface area contributed by atoms with Crippen molar-refractivity contribution < 1.29 is 31.5 Å². The number of aromatic nitrogens is 2. The lowest BCUT2D eigenvalue weighted by atomic mass is 9.81. The standard InChI is InChI=1S/C23H25F5N4O2/c24-22(25)4-1-15(2-5-22)11-17-19(23(26,27)28)31-18-12-16(3-8-32(17)18)20(33)30-14-21(13-29)6-9-34-10-7-21/h3,8,12,15H,1-2,4-7,9-11,14H2,(H,30,33). The smallest absolute Gasteiger partial charge is 0.381 e. The Balaban J connectivity index is 1.55. The van der Waals surface area contributed by atoms with Gasteiger partial charge in [0.05, 0.1) is 17.2 Å². The molecule has 0 bridgehead atoms. The van der Waals surface area contributed by atoms with E-state index in [-0.39, 0.29) is 61.5 Å². The zero-order valence-electron chi connectivity index (χ0n) is 18.4. The second-order valence-corrected chi connectivity index (χ2v) is 9.24. The molecular formula is C23H25F5N4O2. The van der Waals surface area contributed by atoms with Gasteiger partial charge < -0.3 is 14.5 Å². The van der Waals surface area contributed by atoms with E-state index >= 15 is 0 Å². The highest BCUT2D eigenvalue weighted by atomic mass is 19.4. The zero-order chi connectivity index (χ0) is 24.6. The largest absolute Gasteiger partial charge is 0.435 e. The molecule has 1 aliphatic carbocycles. The Morgan fingerprint density at radius 2 is 1.91 bits per heavy atom. The second-order valence-electron chi connectivity index (χ2n) is 9.24. The van der Waals surface area contributed by atoms with Crippen molar-refractivity contribution in [2.24, 2.45) is 11.3 Å². The highest BCUT2D eigenvalue weighted by molar-refractivity contribution is 5.95. The van der Waals surface area contributed by atoms with Crippen LogP contribution in [0.3, 0.4) is 0 Å². The van der Waals surface area contributed by atoms with Gasteiger partial charge in [0.2, 0.25) is 5.92 Å². The van der Waals surface area contributed by atoms with Crippen LogP contribution in [0, 0.1) is 22.7 Å². The number of nitriles is 1. The first-order valence-corrected chi connectivity index (χ1v) is 11.3. The van der Waals surface area contributed by atoms with Gasteiger partial charge >= 0.3 is 6.18 Å². The van der Waals surface area contributed by atoms with Crippen molar-refractivity contribution in [1.29, 1.82) is 5.26 Å². The molecule has 2 fully saturated rings. The maximum atomic E-state index is 13.7. The van der Waals surface area contributed by atoms with Crippen molar-refractivity contribution >= 4 is 11.6 Å². The lowest BCUT2D eigenvalue weighted by molar-refractivity contribution is -0.141. The summed E-state index contributed by atoms with van der Waals surface area (Å²) in [6, 6.07) is 4.91. The van der Waals surface area contributed by atoms with Crippen LogP contribution in [-0.2, 0) is 17.3 Å². The van der Waals surface area contributed by atoms with Crippen LogP contribution in [0.4, 0.5) is 22.0 Å². The Hall–Kier alpha value is -2.74. The van der Waals surface area contributed by atoms with Gasteiger partial charge in [-0.3, -0.25) is 4.79 Å². The number of carbonyl (C=O) groups is 1. The lowest BCUT2D eigenvalue weighted by Crippen LogP contribution is -2.40. The Morgan fingerprint density at radius 1 is 1.24 bits per heavy atom. The van der Waals surface area contributed by atoms with Crippen LogP contribution in [0.15, 0.2) is 18.3 Å². The van der Waals surface area contributed by atoms with Gasteiger partial charge in [0.15, 0.2) is 5.69 Å². The van der Waals surface area contributed by atoms with Gasteiger partial charge in [0.25, 0.3) is 5.91 Å². The number of hydrogen-bond acceptors (Lipinski definition) is 4. The van der Waals surface area contributed by atoms with Crippen molar-refractivity contribution in [3.8, 4) is 6.07 Å². The molecule has 2 aromatic rings. The van der Waals surface area contributed by atoms with Gasteiger partial charge in [-0.1, -0.05) is 0 Å². The van der Waals surface area contributed by atoms with Crippen LogP contribution in [0.25, 0.3) is 5.65 Å². The minimum absolute atomic E-state index is 0.0234. The highest BCUT2D eigenvalue weighted by Crippen LogP contribution is 2.40. The van der Waals surface area contributed by atoms with Crippen molar-refractivity contribution in [1.82, 2.24) is 14.7 Å². The van der Waals surface area contributed by atoms with Gasteiger partial charge in [0.1, 0.15) is 5.65 Å². The summed E-state index contributed by atoms with van der Waals surface area (Å²) < 4.78 is 74.6. The number of alkyl halides is 5. The molecule has 184 valence electrons. The van der Waals surface area contributed by atoms with Crippen molar-refractivity contribution in [3.05, 3.63) is 35.3 Å². The van der Waals surface area contributed by atoms with Gasteiger partial charge in [-0.05, 0) is 50.2 Å². The third-order valence-corrected chi connectivity index (χ3v) is 6.85. The van der Waals surface area contributed by atoms with E-state index in [0.717, 1.165) is 0 Å². The number of hydrogen-bond donors (Lipinski definition) is 1. The van der Waals surface area contributed by atoms with Crippen LogP contribution >= 0.6 is 0 Å². The summed E-state index contributed by atoms with van der Waals surface area (Å²) in [7, 11) is 0. The molecule has 6 nitrogen and oxygen atoms in total. The fourth-order valence-electron chi connectivity index (χ4n) is 4.68. The number of nitrogens with zero attached hydrogens (tertiary/aromatic N) is 3. The average Bonchev–Trinajstić information content (AvgIpc) is 3.17. The second kappa shape index (κ2) is 9.13. The van der Waals surface area contributed by atoms with Crippen molar-refractivity contribution in [2.45, 2.75) is 57.0 Å². The highest BCUT2D eigenvalue weighted by Gasteiger charge is 2.40. The molecule has 0 spiro atoms. The Kier molecular flexibility index (Phi) is 6.55. The molecule has 34 heavy (non-hydrogen) atoms. The van der Waals surface area contributed by atoms with E-state index < -0.39 is 29.1 Å². The molecule has 1 N–H and O–H groups in total. The summed E-state index contributed by atoms with van der Waals surface area (Å²) in [6.07, 6.45) is -2.81. The number of pyridine rings is 1. The first-order valence-electron chi connectivity index (χ1n) is 11.3. The van der Waals surface area contributed by atoms with E-state index in [4.69, 9.17) is 4.74 Å². The SMILES string of the molecule is N#CC1(CNC(=O)c2ccn3c(CC4CCC(F)(F)CC4)c(C(F)(F)F)nc3c2)CCOCC1. The van der Waals surface area contributed by atoms with E-state index in [2.05, 4.69) is 16.4 Å². The van der Waals surface area contributed by atoms with Crippen LogP contribution in [-0.4, -0.2) is 41.0 Å². The summed E-state index contributed by atoms with van der Waals surface area (Å²) in [4.78, 5) is 16.4. The number of fused-ring (bicyclic) bond motifs is 1. The first-order chi connectivity index (χ1) is 16.0. The molecule has 1 aliphatic heterocycles. The number of halogens is 5. The summed E-state index contributed by atoms with van der Waals surface area (Å²) in [5.74, 6) is -3.58. The number of ether oxygens (including phenoxy) is 1. The van der Waals surface area contributed by atoms with Gasteiger partial charge in [-0.25, -0.2) is 13.8 Å². The molecule has 1 saturated heterocycles. The van der Waals surface area contributed by atoms with Crippen LogP contribution < -0.4 is 5.32 Å². The van der Waals surface area contributed by atoms with Crippen LogP contribution in [0.5, 0.6) is 0 Å². The Bertz CT molecular complexity index is 1090. The fourth-order valence-corrected chi connectivity index (χ4v) is 4.68. The number of rotatable bonds is 5. The van der Waals surface area contributed by atoms with Crippen LogP contribution in [0.1, 0.15) is 60.3 Å². The van der Waals surface area contributed by atoms with E-state index in [0.29, 0.717) is 26.1 Å². The molecule has 1 saturated carbocycles. The minimum Gasteiger partial charge on any atom is -0.381 e. The monoisotopic (exact) mass is 484 g/mol. The molecule has 0 unspecified atom stereocenters. The first kappa shape index (κ1) is 24.4. The number of carbonyl (C=O) groups excluding carboxylic acids is 1. The maximum Gasteiger partial charge on any atom is 0.435 e. The zero-order valence-corrected chi connectivity index (χ0v) is 18.4. The van der Waals surface area contributed by atoms with Crippen LogP contribution in [0.2, 0.25) is 0 Å². The predicted octanol–water partition coefficient (Wildman–Crippen LogP) is 4.77. The van der Waals surface area contributed by atoms with Crippen molar-refractivity contribution in [3.63, 3.8) is 0 Å². The molecule has 2 aromatic heterocycles. The molecule has 0 atom stereocenters. The molecule has 0 aromatic carbocycles. The third kappa shape index (κ3) is 5.17. The molecule has 11 heteroatoms. The molecule has 2 aliphatic rings. The third-order valence-electron chi connectivity index (χ3n) is 6.85. The van der Waals surface area contributed by atoms with E-state index in [9.17, 15) is 32.0 Å². The summed E-state index contributed by atoms with van der Waals surface area (Å²) >= 11 is 0. The summed E-state index contributed by atoms with van der Waals surface area (Å²) in [6.45, 7) is 0.951. The topological polar surface area (TPSA) is 79.4 Å². The maximum absolute atomic E-state index is 13.7. The average molecular weight is 484 g/mol. The normalized spacial score (nSPS) is 20.7. The Labute approximate surface area is 193 Å². The number of imidazole rings is 1. The molecule has 4 rings (SSSR count). The predicted molar refractivity (Wildman–Crippen MR) is 111 cm³/mol. The van der Waals surface area contributed by atoms with Crippen molar-refractivity contribution in [2.75, 3.05) is 19.8 Å². The molecule has 0 radical (unpaired) electrons. The van der Waals surface area contributed by atoms with E-state index in [1.807, 2.05) is 0 Å². The van der Waals surface area contributed by atoms with E-state index in [1.165, 1.54) is 22.7 Å².